The highest BCUT2D eigenvalue weighted by Gasteiger charge is 2.09. The highest BCUT2D eigenvalue weighted by molar-refractivity contribution is 5.96. The molecule has 84 valence electrons. The van der Waals surface area contributed by atoms with E-state index in [2.05, 4.69) is 19.5 Å². The van der Waals surface area contributed by atoms with Crippen molar-refractivity contribution in [2.45, 2.75) is 13.3 Å². The lowest BCUT2D eigenvalue weighted by Crippen LogP contribution is -2.16. The molecule has 0 unspecified atom stereocenters. The van der Waals surface area contributed by atoms with E-state index in [9.17, 15) is 9.59 Å². The van der Waals surface area contributed by atoms with Crippen molar-refractivity contribution in [3.8, 4) is 0 Å². The number of hydrogen-bond acceptors (Lipinski definition) is 5. The zero-order valence-corrected chi connectivity index (χ0v) is 8.10. The van der Waals surface area contributed by atoms with Gasteiger partial charge >= 0.3 is 5.97 Å². The monoisotopic (exact) mass is 219 g/mol. The summed E-state index contributed by atoms with van der Waals surface area (Å²) in [5.74, 6) is -3.19. The van der Waals surface area contributed by atoms with Crippen LogP contribution in [0.1, 0.15) is 18.8 Å². The number of azide groups is 1. The largest absolute Gasteiger partial charge is 0.466 e. The van der Waals surface area contributed by atoms with Gasteiger partial charge < -0.3 is 9.47 Å². The average Bonchev–Trinajstić information content (AvgIpc) is 2.34. The first-order valence-corrected chi connectivity index (χ1v) is 4.07. The third kappa shape index (κ3) is 8.73. The van der Waals surface area contributed by atoms with E-state index in [0.717, 1.165) is 0 Å². The molecule has 0 atom stereocenters. The van der Waals surface area contributed by atoms with Crippen LogP contribution < -0.4 is 0 Å². The van der Waals surface area contributed by atoms with E-state index in [1.165, 1.54) is 6.92 Å². The van der Waals surface area contributed by atoms with Gasteiger partial charge in [-0.3, -0.25) is 9.59 Å². The van der Waals surface area contributed by atoms with Crippen molar-refractivity contribution in [3.63, 3.8) is 0 Å². The summed E-state index contributed by atoms with van der Waals surface area (Å²) < 4.78 is 37.9. The molecule has 0 fully saturated rings. The van der Waals surface area contributed by atoms with Gasteiger partial charge in [-0.15, -0.1) is 0 Å². The first kappa shape index (κ1) is 7.67. The molecule has 0 aliphatic heterocycles. The Bertz CT molecular complexity index is 395. The Hall–Kier alpha value is -1.59. The lowest BCUT2D eigenvalue weighted by atomic mass is 10.3. The Morgan fingerprint density at radius 1 is 1.60 bits per heavy atom. The zero-order chi connectivity index (χ0) is 15.1. The summed E-state index contributed by atoms with van der Waals surface area (Å²) >= 11 is 0. The lowest BCUT2D eigenvalue weighted by Gasteiger charge is -2.01. The van der Waals surface area contributed by atoms with Crippen molar-refractivity contribution in [2.24, 2.45) is 5.11 Å². The molecule has 0 heterocycles. The van der Waals surface area contributed by atoms with Crippen molar-refractivity contribution in [3.05, 3.63) is 10.4 Å². The summed E-state index contributed by atoms with van der Waals surface area (Å²) in [5, 5.41) is 3.05. The molecule has 0 saturated carbocycles. The molecule has 7 nitrogen and oxygen atoms in total. The summed E-state index contributed by atoms with van der Waals surface area (Å²) in [5.41, 5.74) is 7.99. The highest BCUT2D eigenvalue weighted by Crippen LogP contribution is 1.90. The van der Waals surface area contributed by atoms with Crippen LogP contribution in [0.15, 0.2) is 5.11 Å². The third-order valence-corrected chi connectivity index (χ3v) is 1.01. The normalized spacial score (nSPS) is 15.0. The van der Waals surface area contributed by atoms with Gasteiger partial charge in [0.1, 0.15) is 12.9 Å². The molecule has 0 spiro atoms. The van der Waals surface area contributed by atoms with Crippen LogP contribution in [0.2, 0.25) is 0 Å². The molecule has 0 aliphatic rings. The van der Waals surface area contributed by atoms with Gasteiger partial charge in [-0.25, -0.2) is 0 Å². The number of Topliss-reactive ketones (excluding diaryl/α,β-unsaturated/α-hetero) is 1. The first-order valence-electron chi connectivity index (χ1n) is 6.07. The van der Waals surface area contributed by atoms with E-state index >= 15 is 0 Å². The van der Waals surface area contributed by atoms with Crippen LogP contribution in [0.5, 0.6) is 0 Å². The minimum Gasteiger partial charge on any atom is -0.466 e. The molecule has 7 heteroatoms. The summed E-state index contributed by atoms with van der Waals surface area (Å²) in [6, 6.07) is 0. The number of carbonyl (C=O) groups excluding carboxylic acids is 2. The van der Waals surface area contributed by atoms with Crippen molar-refractivity contribution in [1.29, 1.82) is 0 Å². The topological polar surface area (TPSA) is 101 Å². The molecule has 15 heavy (non-hydrogen) atoms. The van der Waals surface area contributed by atoms with Crippen LogP contribution in [-0.2, 0) is 19.1 Å². The summed E-state index contributed by atoms with van der Waals surface area (Å²) in [6.07, 6.45) is -3.15. The Labute approximate surface area is 92.6 Å². The second-order valence-corrected chi connectivity index (χ2v) is 2.08. The van der Waals surface area contributed by atoms with Crippen molar-refractivity contribution in [1.82, 2.24) is 0 Å². The lowest BCUT2D eigenvalue weighted by molar-refractivity contribution is -0.146. The number of nitrogens with zero attached hydrogens (tertiary/aromatic N) is 3. The Kier molecular flexibility index (Phi) is 4.59. The van der Waals surface area contributed by atoms with E-state index in [1.807, 2.05) is 0 Å². The Balaban J connectivity index is 4.75. The van der Waals surface area contributed by atoms with Crippen LogP contribution in [0.25, 0.3) is 10.4 Å². The Morgan fingerprint density at radius 2 is 2.33 bits per heavy atom. The third-order valence-electron chi connectivity index (χ3n) is 1.01. The molecule has 0 N–H and O–H groups in total. The highest BCUT2D eigenvalue weighted by atomic mass is 16.5. The molecule has 0 radical (unpaired) electrons. The zero-order valence-electron chi connectivity index (χ0n) is 12.1. The minimum absolute atomic E-state index is 0.146. The van der Waals surface area contributed by atoms with E-state index in [-0.39, 0.29) is 13.2 Å². The van der Waals surface area contributed by atoms with Gasteiger partial charge in [0.15, 0.2) is 5.78 Å². The van der Waals surface area contributed by atoms with E-state index in [0.29, 0.717) is 0 Å². The van der Waals surface area contributed by atoms with Gasteiger partial charge in [0.05, 0.1) is 16.0 Å². The molecule has 0 aliphatic carbocycles. The first-order chi connectivity index (χ1) is 8.70. The van der Waals surface area contributed by atoms with Gasteiger partial charge in [0, 0.05) is 14.2 Å². The minimum atomic E-state index is -3.15. The number of ketones is 1. The molecule has 0 amide bonds. The van der Waals surface area contributed by atoms with Crippen LogP contribution >= 0.6 is 0 Å². The number of ether oxygens (including phenoxy) is 2. The Morgan fingerprint density at radius 3 is 2.93 bits per heavy atom. The maximum Gasteiger partial charge on any atom is 0.313 e. The summed E-state index contributed by atoms with van der Waals surface area (Å²) in [4.78, 5) is 25.2. The van der Waals surface area contributed by atoms with Gasteiger partial charge in [0.25, 0.3) is 0 Å². The fourth-order valence-electron chi connectivity index (χ4n) is 0.533. The van der Waals surface area contributed by atoms with E-state index in [4.69, 9.17) is 11.0 Å². The molecule has 0 bridgehead atoms. The fourth-order valence-corrected chi connectivity index (χ4v) is 0.533. The van der Waals surface area contributed by atoms with E-state index in [1.54, 1.807) is 0 Å². The van der Waals surface area contributed by atoms with Gasteiger partial charge in [-0.1, -0.05) is 5.11 Å². The predicted octanol–water partition coefficient (Wildman–Crippen LogP) is 0.836. The number of hydrogen-bond donors (Lipinski definition) is 0. The van der Waals surface area contributed by atoms with Gasteiger partial charge in [0.2, 0.25) is 0 Å². The quantitative estimate of drug-likeness (QED) is 0.151. The van der Waals surface area contributed by atoms with Crippen LogP contribution in [0.3, 0.4) is 0 Å². The molecule has 0 aromatic carbocycles. The van der Waals surface area contributed by atoms with Gasteiger partial charge in [-0.05, 0) is 12.5 Å². The predicted molar refractivity (Wildman–Crippen MR) is 51.1 cm³/mol. The summed E-state index contributed by atoms with van der Waals surface area (Å²) in [7, 11) is 0. The second-order valence-electron chi connectivity index (χ2n) is 2.08. The molecular formula is C8H13N3O4. The molecule has 0 rings (SSSR count). The molecular weight excluding hydrogens is 202 g/mol. The maximum atomic E-state index is 11.6. The fraction of sp³-hybridized carbons (Fsp3) is 0.750. The standard InChI is InChI=1S/C8H13N3O4/c1-2-15-8(13)5-7(12)6-14-4-3-10-11-9/h2-6H2,1H3/i5D2,6D2. The second kappa shape index (κ2) is 8.98. The number of esters is 1. The van der Waals surface area contributed by atoms with Crippen LogP contribution in [0, 0.1) is 0 Å². The summed E-state index contributed by atoms with van der Waals surface area (Å²) in [6.45, 7) is -2.41. The van der Waals surface area contributed by atoms with Crippen molar-refractivity contribution >= 4 is 11.8 Å². The molecule has 0 aromatic heterocycles. The smallest absolute Gasteiger partial charge is 0.313 e. The molecule has 0 aromatic rings. The number of rotatable bonds is 8. The average molecular weight is 219 g/mol. The van der Waals surface area contributed by atoms with E-state index < -0.39 is 31.3 Å². The van der Waals surface area contributed by atoms with Crippen LogP contribution in [0.4, 0.5) is 0 Å². The van der Waals surface area contributed by atoms with Gasteiger partial charge in [-0.2, -0.15) is 0 Å². The SMILES string of the molecule is [2H]C([2H])(OCCN=[N+]=[N-])C(=O)C([2H])([2H])C(=O)OCC. The van der Waals surface area contributed by atoms with Crippen LogP contribution in [-0.4, -0.2) is 38.1 Å². The molecule has 0 saturated heterocycles. The van der Waals surface area contributed by atoms with Crippen molar-refractivity contribution in [2.75, 3.05) is 26.3 Å². The van der Waals surface area contributed by atoms with Crippen molar-refractivity contribution < 1.29 is 24.5 Å². The number of carbonyl (C=O) groups is 2. The maximum absolute atomic E-state index is 11.6.